The second kappa shape index (κ2) is 5.38. The average Bonchev–Trinajstić information content (AvgIpc) is 2.98. The maximum Gasteiger partial charge on any atom is 0.242 e. The topological polar surface area (TPSA) is 87.1 Å². The molecule has 98 valence electrons. The zero-order valence-electron chi connectivity index (χ0n) is 9.93. The maximum absolute atomic E-state index is 12.0. The first-order valence-corrected chi connectivity index (χ1v) is 6.93. The van der Waals surface area contributed by atoms with Crippen LogP contribution in [0.2, 0.25) is 0 Å². The summed E-state index contributed by atoms with van der Waals surface area (Å²) in [6, 6.07) is 3.32. The lowest BCUT2D eigenvalue weighted by Crippen LogP contribution is -2.22. The largest absolute Gasteiger partial charge is 0.472 e. The summed E-state index contributed by atoms with van der Waals surface area (Å²) >= 11 is 0. The number of rotatable bonds is 6. The van der Waals surface area contributed by atoms with Crippen LogP contribution in [0.3, 0.4) is 0 Å². The van der Waals surface area contributed by atoms with E-state index < -0.39 is 10.0 Å². The first-order chi connectivity index (χ1) is 8.62. The highest BCUT2D eigenvalue weighted by Crippen LogP contribution is 2.11. The highest BCUT2D eigenvalue weighted by Gasteiger charge is 2.15. The maximum atomic E-state index is 12.0. The van der Waals surface area contributed by atoms with E-state index in [0.717, 1.165) is 11.3 Å². The minimum atomic E-state index is -3.48. The molecule has 18 heavy (non-hydrogen) atoms. The Kier molecular flexibility index (Phi) is 3.85. The van der Waals surface area contributed by atoms with Crippen molar-refractivity contribution in [1.29, 1.82) is 0 Å². The van der Waals surface area contributed by atoms with Gasteiger partial charge in [0.15, 0.2) is 0 Å². The van der Waals surface area contributed by atoms with E-state index in [2.05, 4.69) is 15.0 Å². The number of hydrogen-bond acceptors (Lipinski definition) is 4. The average molecular weight is 269 g/mol. The molecule has 3 N–H and O–H groups in total. The van der Waals surface area contributed by atoms with Gasteiger partial charge in [0, 0.05) is 30.5 Å². The van der Waals surface area contributed by atoms with Gasteiger partial charge < -0.3 is 14.7 Å². The van der Waals surface area contributed by atoms with E-state index in [-0.39, 0.29) is 11.4 Å². The highest BCUT2D eigenvalue weighted by atomic mass is 32.2. The van der Waals surface area contributed by atoms with Gasteiger partial charge in [0.1, 0.15) is 0 Å². The van der Waals surface area contributed by atoms with Crippen molar-refractivity contribution in [1.82, 2.24) is 15.0 Å². The molecular formula is C11H15N3O3S. The van der Waals surface area contributed by atoms with Gasteiger partial charge in [-0.25, -0.2) is 13.1 Å². The number of furan rings is 1. The fourth-order valence-corrected chi connectivity index (χ4v) is 2.56. The van der Waals surface area contributed by atoms with Gasteiger partial charge in [-0.2, -0.15) is 0 Å². The molecule has 0 bridgehead atoms. The minimum absolute atomic E-state index is 0.214. The van der Waals surface area contributed by atoms with Crippen molar-refractivity contribution in [3.8, 4) is 0 Å². The molecule has 0 spiro atoms. The lowest BCUT2D eigenvalue weighted by molar-refractivity contribution is 0.561. The van der Waals surface area contributed by atoms with Crippen LogP contribution >= 0.6 is 0 Å². The number of nitrogens with one attached hydrogen (secondary N) is 3. The van der Waals surface area contributed by atoms with E-state index in [1.807, 2.05) is 0 Å². The molecule has 0 amide bonds. The molecule has 0 aliphatic carbocycles. The molecule has 0 fully saturated rings. The van der Waals surface area contributed by atoms with Crippen LogP contribution in [-0.2, 0) is 23.1 Å². The zero-order chi connectivity index (χ0) is 13.0. The standard InChI is InChI=1S/C11H15N3O3S/c1-12-6-10-4-11(7-13-10)18(15,16)14-5-9-2-3-17-8-9/h2-4,7-8,12-14H,5-6H2,1H3. The molecule has 2 heterocycles. The zero-order valence-corrected chi connectivity index (χ0v) is 10.8. The molecular weight excluding hydrogens is 254 g/mol. The highest BCUT2D eigenvalue weighted by molar-refractivity contribution is 7.89. The monoisotopic (exact) mass is 269 g/mol. The lowest BCUT2D eigenvalue weighted by Gasteiger charge is -2.02. The van der Waals surface area contributed by atoms with Gasteiger partial charge in [-0.15, -0.1) is 0 Å². The lowest BCUT2D eigenvalue weighted by atomic mass is 10.4. The summed E-state index contributed by atoms with van der Waals surface area (Å²) in [5, 5.41) is 2.94. The second-order valence-electron chi connectivity index (χ2n) is 3.85. The SMILES string of the molecule is CNCc1cc(S(=O)(=O)NCc2ccoc2)c[nH]1. The van der Waals surface area contributed by atoms with E-state index in [1.165, 1.54) is 18.7 Å². The van der Waals surface area contributed by atoms with Crippen molar-refractivity contribution in [2.75, 3.05) is 7.05 Å². The third-order valence-electron chi connectivity index (χ3n) is 2.44. The predicted molar refractivity (Wildman–Crippen MR) is 66.3 cm³/mol. The van der Waals surface area contributed by atoms with Gasteiger partial charge in [0.2, 0.25) is 10.0 Å². The van der Waals surface area contributed by atoms with Gasteiger partial charge in [-0.1, -0.05) is 0 Å². The van der Waals surface area contributed by atoms with Crippen molar-refractivity contribution in [3.63, 3.8) is 0 Å². The van der Waals surface area contributed by atoms with Crippen LogP contribution in [-0.4, -0.2) is 20.4 Å². The Bertz CT molecular complexity index is 587. The van der Waals surface area contributed by atoms with Crippen LogP contribution in [0.15, 0.2) is 40.2 Å². The van der Waals surface area contributed by atoms with E-state index >= 15 is 0 Å². The summed E-state index contributed by atoms with van der Waals surface area (Å²) < 4.78 is 31.3. The molecule has 0 radical (unpaired) electrons. The van der Waals surface area contributed by atoms with E-state index in [1.54, 1.807) is 19.2 Å². The smallest absolute Gasteiger partial charge is 0.242 e. The first-order valence-electron chi connectivity index (χ1n) is 5.44. The molecule has 0 unspecified atom stereocenters. The Labute approximate surface area is 105 Å². The fraction of sp³-hybridized carbons (Fsp3) is 0.273. The van der Waals surface area contributed by atoms with Gasteiger partial charge in [-0.05, 0) is 19.2 Å². The minimum Gasteiger partial charge on any atom is -0.472 e. The number of hydrogen-bond donors (Lipinski definition) is 3. The van der Waals surface area contributed by atoms with E-state index in [9.17, 15) is 8.42 Å². The van der Waals surface area contributed by atoms with E-state index in [4.69, 9.17) is 4.42 Å². The third-order valence-corrected chi connectivity index (χ3v) is 3.82. The molecule has 0 aliphatic rings. The molecule has 0 aromatic carbocycles. The van der Waals surface area contributed by atoms with Gasteiger partial charge in [0.05, 0.1) is 17.4 Å². The second-order valence-corrected chi connectivity index (χ2v) is 5.61. The van der Waals surface area contributed by atoms with Crippen molar-refractivity contribution in [3.05, 3.63) is 42.1 Å². The Morgan fingerprint density at radius 2 is 2.22 bits per heavy atom. The predicted octanol–water partition coefficient (Wildman–Crippen LogP) is 0.806. The Morgan fingerprint density at radius 1 is 1.39 bits per heavy atom. The Balaban J connectivity index is 2.05. The molecule has 2 aromatic heterocycles. The molecule has 0 saturated carbocycles. The Hall–Kier alpha value is -1.57. The van der Waals surface area contributed by atoms with Crippen molar-refractivity contribution in [2.45, 2.75) is 18.0 Å². The van der Waals surface area contributed by atoms with Crippen LogP contribution < -0.4 is 10.0 Å². The number of sulfonamides is 1. The molecule has 2 rings (SSSR count). The van der Waals surface area contributed by atoms with Gasteiger partial charge in [0.25, 0.3) is 0 Å². The summed E-state index contributed by atoms with van der Waals surface area (Å²) in [6.45, 7) is 0.808. The number of aromatic nitrogens is 1. The van der Waals surface area contributed by atoms with Crippen LogP contribution in [0, 0.1) is 0 Å². The van der Waals surface area contributed by atoms with Crippen molar-refractivity contribution >= 4 is 10.0 Å². The first kappa shape index (κ1) is 12.9. The van der Waals surface area contributed by atoms with Crippen LogP contribution in [0.5, 0.6) is 0 Å². The molecule has 6 nitrogen and oxygen atoms in total. The normalized spacial score (nSPS) is 11.8. The summed E-state index contributed by atoms with van der Waals surface area (Å²) in [4.78, 5) is 3.14. The van der Waals surface area contributed by atoms with Gasteiger partial charge >= 0.3 is 0 Å². The number of H-pyrrole nitrogens is 1. The molecule has 7 heteroatoms. The summed E-state index contributed by atoms with van der Waals surface area (Å²) in [5.74, 6) is 0. The third kappa shape index (κ3) is 3.00. The Morgan fingerprint density at radius 3 is 2.89 bits per heavy atom. The van der Waals surface area contributed by atoms with Crippen molar-refractivity contribution < 1.29 is 12.8 Å². The van der Waals surface area contributed by atoms with Crippen molar-refractivity contribution in [2.24, 2.45) is 0 Å². The summed E-state index contributed by atoms with van der Waals surface area (Å²) in [6.07, 6.45) is 4.49. The van der Waals surface area contributed by atoms with Gasteiger partial charge in [-0.3, -0.25) is 0 Å². The molecule has 0 atom stereocenters. The van der Waals surface area contributed by atoms with Crippen LogP contribution in [0.25, 0.3) is 0 Å². The quantitative estimate of drug-likeness (QED) is 0.724. The molecule has 0 aliphatic heterocycles. The molecule has 0 saturated heterocycles. The number of aromatic amines is 1. The fourth-order valence-electron chi connectivity index (χ4n) is 1.52. The molecule has 2 aromatic rings. The summed E-state index contributed by atoms with van der Waals surface area (Å²) in [5.41, 5.74) is 1.60. The van der Waals surface area contributed by atoms with Crippen LogP contribution in [0.4, 0.5) is 0 Å². The van der Waals surface area contributed by atoms with E-state index in [0.29, 0.717) is 6.54 Å². The summed E-state index contributed by atoms with van der Waals surface area (Å²) in [7, 11) is -1.69. The van der Waals surface area contributed by atoms with Crippen LogP contribution in [0.1, 0.15) is 11.3 Å².